The largest absolute Gasteiger partial charge is 0.493 e. The summed E-state index contributed by atoms with van der Waals surface area (Å²) in [6, 6.07) is 9.94. The minimum absolute atomic E-state index is 0.0507. The average molecular weight is 461 g/mol. The van der Waals surface area contributed by atoms with Crippen molar-refractivity contribution in [2.24, 2.45) is 11.8 Å². The van der Waals surface area contributed by atoms with E-state index in [-0.39, 0.29) is 18.7 Å². The third kappa shape index (κ3) is 13.2. The summed E-state index contributed by atoms with van der Waals surface area (Å²) < 4.78 is 10.9. The molecule has 1 aromatic carbocycles. The second-order valence-electron chi connectivity index (χ2n) is 8.74. The molecule has 0 bridgehead atoms. The van der Waals surface area contributed by atoms with E-state index in [2.05, 4.69) is 18.2 Å². The Morgan fingerprint density at radius 2 is 1.85 bits per heavy atom. The van der Waals surface area contributed by atoms with Gasteiger partial charge in [-0.1, -0.05) is 42.8 Å². The van der Waals surface area contributed by atoms with Crippen molar-refractivity contribution in [1.29, 1.82) is 0 Å². The van der Waals surface area contributed by atoms with Crippen LogP contribution in [0.4, 0.5) is 0 Å². The molecule has 0 aromatic heterocycles. The zero-order valence-electron chi connectivity index (χ0n) is 20.7. The van der Waals surface area contributed by atoms with Crippen LogP contribution in [-0.2, 0) is 9.53 Å². The van der Waals surface area contributed by atoms with Crippen LogP contribution < -0.4 is 4.74 Å². The van der Waals surface area contributed by atoms with Gasteiger partial charge >= 0.3 is 5.97 Å². The van der Waals surface area contributed by atoms with Gasteiger partial charge in [-0.05, 0) is 88.3 Å². The summed E-state index contributed by atoms with van der Waals surface area (Å²) in [4.78, 5) is 11.6. The number of hydrogen-bond acceptors (Lipinski definition) is 5. The fourth-order valence-corrected chi connectivity index (χ4v) is 4.15. The van der Waals surface area contributed by atoms with Crippen LogP contribution in [0.3, 0.4) is 0 Å². The number of unbranched alkanes of at least 4 members (excludes halogenated alkanes) is 1. The molecular formula is C28H44O5. The molecule has 0 radical (unpaired) electrons. The SMILES string of the molecule is CC(C)OC(=O)CCCC/C(=C/C[C@H]1CCC[C@@H]1/C=C/CCOc1ccccc1)CO.CO. The van der Waals surface area contributed by atoms with Crippen molar-refractivity contribution in [2.45, 2.75) is 77.7 Å². The summed E-state index contributed by atoms with van der Waals surface area (Å²) in [5.41, 5.74) is 1.10. The third-order valence-electron chi connectivity index (χ3n) is 5.81. The maximum atomic E-state index is 11.6. The highest BCUT2D eigenvalue weighted by Crippen LogP contribution is 2.35. The Hall–Kier alpha value is -2.11. The second kappa shape index (κ2) is 18.3. The van der Waals surface area contributed by atoms with Gasteiger partial charge in [-0.25, -0.2) is 0 Å². The van der Waals surface area contributed by atoms with Gasteiger partial charge in [0.1, 0.15) is 5.75 Å². The van der Waals surface area contributed by atoms with Crippen molar-refractivity contribution in [3.8, 4) is 5.75 Å². The molecule has 0 heterocycles. The lowest BCUT2D eigenvalue weighted by molar-refractivity contribution is -0.147. The molecule has 1 aromatic rings. The number of allylic oxidation sites excluding steroid dienone is 2. The molecule has 0 unspecified atom stereocenters. The van der Waals surface area contributed by atoms with E-state index < -0.39 is 0 Å². The Morgan fingerprint density at radius 3 is 2.55 bits per heavy atom. The molecular weight excluding hydrogens is 416 g/mol. The van der Waals surface area contributed by atoms with E-state index in [9.17, 15) is 9.90 Å². The highest BCUT2D eigenvalue weighted by molar-refractivity contribution is 5.69. The summed E-state index contributed by atoms with van der Waals surface area (Å²) in [6.45, 7) is 4.56. The zero-order chi connectivity index (χ0) is 24.3. The molecule has 0 saturated heterocycles. The van der Waals surface area contributed by atoms with Gasteiger partial charge in [0.05, 0.1) is 19.3 Å². The lowest BCUT2D eigenvalue weighted by Gasteiger charge is -2.15. The number of para-hydroxylation sites is 1. The number of hydrogen-bond donors (Lipinski definition) is 2. The van der Waals surface area contributed by atoms with Crippen molar-refractivity contribution < 1.29 is 24.5 Å². The molecule has 1 saturated carbocycles. The standard InChI is InChI=1S/C27H40O4.CH4O/c1-22(2)31-27(29)17-7-6-11-23(21-28)18-19-25-14-10-13-24(25)12-8-9-20-30-26-15-4-3-5-16-26;1-2/h3-5,8,12,15-16,18,22,24-25,28H,6-7,9-11,13-14,17,19-21H2,1-2H3;2H,1H3/b12-8+,23-18-;/t24-,25+;/m0./s1. The van der Waals surface area contributed by atoms with Gasteiger partial charge in [0.15, 0.2) is 0 Å². The molecule has 33 heavy (non-hydrogen) atoms. The Labute approximate surface area is 200 Å². The minimum atomic E-state index is -0.126. The molecule has 2 N–H and O–H groups in total. The fraction of sp³-hybridized carbons (Fsp3) is 0.607. The lowest BCUT2D eigenvalue weighted by Crippen LogP contribution is -2.10. The lowest BCUT2D eigenvalue weighted by atomic mass is 9.91. The third-order valence-corrected chi connectivity index (χ3v) is 5.81. The first kappa shape index (κ1) is 28.9. The molecule has 2 rings (SSSR count). The van der Waals surface area contributed by atoms with Crippen molar-refractivity contribution >= 4 is 5.97 Å². The van der Waals surface area contributed by atoms with Gasteiger partial charge < -0.3 is 19.7 Å². The van der Waals surface area contributed by atoms with E-state index in [1.54, 1.807) is 0 Å². The van der Waals surface area contributed by atoms with Crippen LogP contribution >= 0.6 is 0 Å². The molecule has 0 spiro atoms. The molecule has 1 fully saturated rings. The van der Waals surface area contributed by atoms with Crippen LogP contribution in [-0.4, -0.2) is 42.6 Å². The highest BCUT2D eigenvalue weighted by atomic mass is 16.5. The van der Waals surface area contributed by atoms with Crippen molar-refractivity contribution in [3.63, 3.8) is 0 Å². The van der Waals surface area contributed by atoms with Crippen LogP contribution in [0.1, 0.15) is 71.6 Å². The summed E-state index contributed by atoms with van der Waals surface area (Å²) in [5, 5.41) is 16.7. The molecule has 0 amide bonds. The molecule has 1 aliphatic rings. The van der Waals surface area contributed by atoms with Gasteiger partial charge in [-0.3, -0.25) is 4.79 Å². The first-order chi connectivity index (χ1) is 16.1. The Bertz CT molecular complexity index is 681. The Balaban J connectivity index is 0.00000265. The average Bonchev–Trinajstić information content (AvgIpc) is 3.27. The Kier molecular flexibility index (Phi) is 16.1. The van der Waals surface area contributed by atoms with E-state index in [4.69, 9.17) is 14.6 Å². The molecule has 0 aliphatic heterocycles. The zero-order valence-corrected chi connectivity index (χ0v) is 20.7. The number of rotatable bonds is 14. The first-order valence-electron chi connectivity index (χ1n) is 12.4. The number of aliphatic hydroxyl groups is 2. The van der Waals surface area contributed by atoms with Crippen LogP contribution in [0.2, 0.25) is 0 Å². The number of carbonyl (C=O) groups is 1. The van der Waals surface area contributed by atoms with Crippen LogP contribution in [0.25, 0.3) is 0 Å². The van der Waals surface area contributed by atoms with Gasteiger partial charge in [0.25, 0.3) is 0 Å². The monoisotopic (exact) mass is 460 g/mol. The first-order valence-corrected chi connectivity index (χ1v) is 12.4. The predicted molar refractivity (Wildman–Crippen MR) is 134 cm³/mol. The summed E-state index contributed by atoms with van der Waals surface area (Å²) in [7, 11) is 1.00. The number of ether oxygens (including phenoxy) is 2. The van der Waals surface area contributed by atoms with Gasteiger partial charge in [0, 0.05) is 13.5 Å². The van der Waals surface area contributed by atoms with Crippen LogP contribution in [0.5, 0.6) is 5.75 Å². The van der Waals surface area contributed by atoms with Crippen molar-refractivity contribution in [1.82, 2.24) is 0 Å². The second-order valence-corrected chi connectivity index (χ2v) is 8.74. The van der Waals surface area contributed by atoms with E-state index in [1.165, 1.54) is 19.3 Å². The fourth-order valence-electron chi connectivity index (χ4n) is 4.15. The molecule has 5 nitrogen and oxygen atoms in total. The van der Waals surface area contributed by atoms with Gasteiger partial charge in [-0.15, -0.1) is 0 Å². The number of carbonyl (C=O) groups excluding carboxylic acids is 1. The van der Waals surface area contributed by atoms with Crippen molar-refractivity contribution in [2.75, 3.05) is 20.3 Å². The normalized spacial score (nSPS) is 18.3. The number of esters is 1. The molecule has 5 heteroatoms. The highest BCUT2D eigenvalue weighted by Gasteiger charge is 2.24. The summed E-state index contributed by atoms with van der Waals surface area (Å²) >= 11 is 0. The summed E-state index contributed by atoms with van der Waals surface area (Å²) in [6.07, 6.45) is 15.6. The maximum Gasteiger partial charge on any atom is 0.306 e. The minimum Gasteiger partial charge on any atom is -0.493 e. The predicted octanol–water partition coefficient (Wildman–Crippen LogP) is 5.86. The maximum absolute atomic E-state index is 11.6. The quantitative estimate of drug-likeness (QED) is 0.207. The molecule has 1 aliphatic carbocycles. The van der Waals surface area contributed by atoms with E-state index in [0.717, 1.165) is 50.5 Å². The van der Waals surface area contributed by atoms with Crippen LogP contribution in [0.15, 0.2) is 54.1 Å². The number of benzene rings is 1. The van der Waals surface area contributed by atoms with E-state index >= 15 is 0 Å². The topological polar surface area (TPSA) is 76.0 Å². The van der Waals surface area contributed by atoms with Crippen molar-refractivity contribution in [3.05, 3.63) is 54.1 Å². The van der Waals surface area contributed by atoms with E-state index in [1.807, 2.05) is 44.2 Å². The smallest absolute Gasteiger partial charge is 0.306 e. The molecule has 186 valence electrons. The summed E-state index contributed by atoms with van der Waals surface area (Å²) in [5.74, 6) is 2.08. The number of aliphatic hydroxyl groups excluding tert-OH is 2. The molecule has 2 atom stereocenters. The van der Waals surface area contributed by atoms with E-state index in [0.29, 0.717) is 24.9 Å². The van der Waals surface area contributed by atoms with Gasteiger partial charge in [-0.2, -0.15) is 0 Å². The van der Waals surface area contributed by atoms with Crippen LogP contribution in [0, 0.1) is 11.8 Å². The van der Waals surface area contributed by atoms with Gasteiger partial charge in [0.2, 0.25) is 0 Å². The Morgan fingerprint density at radius 1 is 1.12 bits per heavy atom.